The minimum atomic E-state index is -1.90. The third-order valence-corrected chi connectivity index (χ3v) is 11.7. The van der Waals surface area contributed by atoms with Gasteiger partial charge in [-0.15, -0.1) is 0 Å². The molecular weight excluding hydrogens is 1100 g/mol. The molecule has 0 bridgehead atoms. The number of nitrogens with one attached hydrogen (secondary N) is 11. The summed E-state index contributed by atoms with van der Waals surface area (Å²) in [5, 5.41) is 53.4. The summed E-state index contributed by atoms with van der Waals surface area (Å²) >= 11 is 0. The van der Waals surface area contributed by atoms with Crippen molar-refractivity contribution >= 4 is 70.9 Å². The first kappa shape index (κ1) is 73.6. The van der Waals surface area contributed by atoms with Crippen LogP contribution >= 0.6 is 0 Å². The number of nitrogens with zero attached hydrogens (tertiary/aromatic N) is 1. The number of nitrogens with two attached hydrogens (primary N) is 2. The van der Waals surface area contributed by atoms with Crippen LogP contribution in [0.25, 0.3) is 0 Å². The summed E-state index contributed by atoms with van der Waals surface area (Å²) in [5.41, 5.74) is 11.0. The van der Waals surface area contributed by atoms with Crippen LogP contribution in [0.1, 0.15) is 89.7 Å². The molecule has 12 amide bonds. The van der Waals surface area contributed by atoms with Crippen molar-refractivity contribution in [3.63, 3.8) is 0 Å². The molecule has 0 radical (unpaired) electrons. The Balaban J connectivity index is 2.54. The molecule has 0 aliphatic carbocycles. The highest BCUT2D eigenvalue weighted by Gasteiger charge is 2.33. The Kier molecular flexibility index (Phi) is 40.0. The zero-order valence-electron chi connectivity index (χ0n) is 47.2. The third-order valence-electron chi connectivity index (χ3n) is 11.7. The summed E-state index contributed by atoms with van der Waals surface area (Å²) < 4.78 is 21.3. The summed E-state index contributed by atoms with van der Waals surface area (Å²) in [6.45, 7) is -1.09. The smallest absolute Gasteiger partial charge is 0.246 e. The maximum absolute atomic E-state index is 13.4. The van der Waals surface area contributed by atoms with E-state index in [1.54, 1.807) is 0 Å². The lowest BCUT2D eigenvalue weighted by molar-refractivity contribution is -0.137. The Morgan fingerprint density at radius 2 is 0.916 bits per heavy atom. The van der Waals surface area contributed by atoms with Crippen LogP contribution < -0.4 is 64.6 Å². The summed E-state index contributed by atoms with van der Waals surface area (Å²) in [6, 6.07) is -9.97. The van der Waals surface area contributed by atoms with Crippen LogP contribution in [0.15, 0.2) is 12.5 Å². The molecule has 0 saturated heterocycles. The fraction of sp³-hybridized carbons (Fsp3) is 0.700. The molecule has 6 atom stereocenters. The van der Waals surface area contributed by atoms with E-state index < -0.39 is 154 Å². The van der Waals surface area contributed by atoms with Gasteiger partial charge in [-0.25, -0.2) is 4.98 Å². The first-order chi connectivity index (χ1) is 39.8. The van der Waals surface area contributed by atoms with Crippen LogP contribution in [-0.2, 0) is 82.9 Å². The predicted octanol–water partition coefficient (Wildman–Crippen LogP) is -7.33. The van der Waals surface area contributed by atoms with E-state index in [4.69, 9.17) is 30.4 Å². The van der Waals surface area contributed by atoms with E-state index in [1.165, 1.54) is 45.3 Å². The number of aliphatic hydroxyl groups excluding tert-OH is 3. The van der Waals surface area contributed by atoms with Gasteiger partial charge in [0.1, 0.15) is 49.5 Å². The van der Waals surface area contributed by atoms with Crippen molar-refractivity contribution in [2.75, 3.05) is 99.4 Å². The van der Waals surface area contributed by atoms with E-state index in [1.807, 2.05) is 0 Å². The highest BCUT2D eigenvalue weighted by molar-refractivity contribution is 5.97. The molecule has 0 spiro atoms. The third kappa shape index (κ3) is 35.2. The number of carbonyl (C=O) groups excluding carboxylic acids is 12. The van der Waals surface area contributed by atoms with Crippen LogP contribution in [0.3, 0.4) is 0 Å². The number of imidazole rings is 1. The zero-order chi connectivity index (χ0) is 61.8. The minimum absolute atomic E-state index is 0.00126. The number of unbranched alkanes of at least 4 members (excludes halogenated alkanes) is 6. The SMILES string of the molecule is CCCCCCCCCC(=O)NCCOCCOCC(=O)NCCOCCOCC(=O)NCC(=O)N[C@H](CO)C(=O)NC(CCC(N)=O)C(=O)NC(CO)C(=O)NC(CO)C(=O)NC(CCC(N)=O)C(=O)NC(Cc1cnc[nH]1)C(=O)NC. The fourth-order valence-electron chi connectivity index (χ4n) is 7.21. The number of primary amides is 2. The lowest BCUT2D eigenvalue weighted by Crippen LogP contribution is -2.61. The van der Waals surface area contributed by atoms with E-state index in [9.17, 15) is 72.9 Å². The molecule has 0 aliphatic rings. The summed E-state index contributed by atoms with van der Waals surface area (Å²) in [4.78, 5) is 158. The van der Waals surface area contributed by atoms with Crippen LogP contribution in [-0.4, -0.2) is 232 Å². The Morgan fingerprint density at radius 1 is 0.494 bits per heavy atom. The molecule has 0 aliphatic heterocycles. The Bertz CT molecular complexity index is 2160. The second-order valence-corrected chi connectivity index (χ2v) is 18.6. The number of hydrogen-bond acceptors (Lipinski definition) is 20. The van der Waals surface area contributed by atoms with Gasteiger partial charge in [-0.3, -0.25) is 57.5 Å². The van der Waals surface area contributed by atoms with Crippen molar-refractivity contribution in [3.8, 4) is 0 Å². The van der Waals surface area contributed by atoms with Crippen LogP contribution in [0.4, 0.5) is 0 Å². The number of carbonyl (C=O) groups is 12. The monoisotopic (exact) mass is 1190 g/mol. The normalized spacial score (nSPS) is 13.1. The molecule has 1 rings (SSSR count). The fourth-order valence-corrected chi connectivity index (χ4v) is 7.21. The maximum atomic E-state index is 13.4. The van der Waals surface area contributed by atoms with Gasteiger partial charge in [0.25, 0.3) is 0 Å². The molecule has 1 aromatic rings. The molecule has 5 unspecified atom stereocenters. The van der Waals surface area contributed by atoms with Crippen molar-refractivity contribution in [2.45, 2.75) is 127 Å². The number of rotatable bonds is 49. The zero-order valence-corrected chi connectivity index (χ0v) is 47.2. The second-order valence-electron chi connectivity index (χ2n) is 18.6. The minimum Gasteiger partial charge on any atom is -0.394 e. The van der Waals surface area contributed by atoms with Crippen molar-refractivity contribution in [2.24, 2.45) is 11.5 Å². The molecule has 1 heterocycles. The number of likely N-dealkylation sites (N-methyl/N-ethyl adjacent to an activating group) is 1. The van der Waals surface area contributed by atoms with E-state index in [2.05, 4.69) is 70.1 Å². The molecule has 0 aromatic carbocycles. The van der Waals surface area contributed by atoms with Gasteiger partial charge in [0.15, 0.2) is 0 Å². The van der Waals surface area contributed by atoms with E-state index in [0.29, 0.717) is 25.3 Å². The highest BCUT2D eigenvalue weighted by Crippen LogP contribution is 2.09. The first-order valence-corrected chi connectivity index (χ1v) is 27.3. The summed E-state index contributed by atoms with van der Waals surface area (Å²) in [7, 11) is 1.31. The average molecular weight is 1190 g/mol. The van der Waals surface area contributed by atoms with Gasteiger partial charge in [-0.05, 0) is 19.3 Å². The number of ether oxygens (including phenoxy) is 4. The van der Waals surface area contributed by atoms with Gasteiger partial charge in [0.2, 0.25) is 70.9 Å². The Hall–Kier alpha value is -7.43. The average Bonchev–Trinajstić information content (AvgIpc) is 4.07. The van der Waals surface area contributed by atoms with Gasteiger partial charge in [0.05, 0.1) is 72.3 Å². The highest BCUT2D eigenvalue weighted by atomic mass is 16.5. The molecule has 33 nitrogen and oxygen atoms in total. The molecule has 0 fully saturated rings. The van der Waals surface area contributed by atoms with E-state index in [-0.39, 0.29) is 64.4 Å². The number of hydrogen-bond donors (Lipinski definition) is 16. The standard InChI is InChI=1S/C50H86N14O19/c1-3-4-5-6-7-8-9-10-41(70)55-15-17-80-19-21-82-29-43(72)56-16-18-81-20-22-83-30-44(73)57-25-42(71)59-36(26-65)48(77)60-34(12-14-40(52)69)47(76)63-38(28-67)50(79)64-37(27-66)49(78)61-33(11-13-39(51)68)46(75)62-35(45(74)53-2)23-32-24-54-31-58-32/h24,31,33-38,65-67H,3-23,25-30H2,1-2H3,(H2,51,68)(H2,52,69)(H,53,74)(H,54,58)(H,55,70)(H,56,72)(H,57,73)(H,59,71)(H,60,77)(H,61,78)(H,62,75)(H,63,76)(H,64,79)/t33?,34?,35?,36-,37?,38?/m1/s1. The molecule has 470 valence electrons. The molecule has 83 heavy (non-hydrogen) atoms. The van der Waals surface area contributed by atoms with Crippen LogP contribution in [0, 0.1) is 0 Å². The number of aliphatic hydroxyl groups is 3. The lowest BCUT2D eigenvalue weighted by atomic mass is 10.1. The quantitative estimate of drug-likeness (QED) is 0.0270. The van der Waals surface area contributed by atoms with E-state index in [0.717, 1.165) is 19.3 Å². The Morgan fingerprint density at radius 3 is 1.37 bits per heavy atom. The van der Waals surface area contributed by atoms with Gasteiger partial charge < -0.3 is 104 Å². The number of amides is 12. The predicted molar refractivity (Wildman–Crippen MR) is 291 cm³/mol. The first-order valence-electron chi connectivity index (χ1n) is 27.3. The molecule has 1 aromatic heterocycles. The van der Waals surface area contributed by atoms with Crippen molar-refractivity contribution in [1.29, 1.82) is 0 Å². The van der Waals surface area contributed by atoms with Crippen molar-refractivity contribution < 1.29 is 91.8 Å². The van der Waals surface area contributed by atoms with Crippen LogP contribution in [0.5, 0.6) is 0 Å². The number of H-pyrrole nitrogens is 1. The van der Waals surface area contributed by atoms with Gasteiger partial charge in [0, 0.05) is 57.7 Å². The Labute approximate surface area is 480 Å². The number of aromatic nitrogens is 2. The van der Waals surface area contributed by atoms with Crippen molar-refractivity contribution in [3.05, 3.63) is 18.2 Å². The van der Waals surface area contributed by atoms with Gasteiger partial charge >= 0.3 is 0 Å². The molecule has 18 N–H and O–H groups in total. The summed E-state index contributed by atoms with van der Waals surface area (Å²) in [6.07, 6.45) is 9.29. The molecule has 0 saturated carbocycles. The van der Waals surface area contributed by atoms with E-state index >= 15 is 0 Å². The van der Waals surface area contributed by atoms with Gasteiger partial charge in [-0.2, -0.15) is 0 Å². The largest absolute Gasteiger partial charge is 0.394 e. The summed E-state index contributed by atoms with van der Waals surface area (Å²) in [5.74, 6) is -10.3. The number of aromatic amines is 1. The van der Waals surface area contributed by atoms with Crippen LogP contribution in [0.2, 0.25) is 0 Å². The van der Waals surface area contributed by atoms with Crippen molar-refractivity contribution in [1.82, 2.24) is 63.1 Å². The second kappa shape index (κ2) is 45.1. The molecule has 33 heteroatoms. The lowest BCUT2D eigenvalue weighted by Gasteiger charge is -2.26. The maximum Gasteiger partial charge on any atom is 0.246 e. The molecular formula is C50H86N14O19. The van der Waals surface area contributed by atoms with Gasteiger partial charge in [-0.1, -0.05) is 45.4 Å². The topological polar surface area (TPSA) is 503 Å².